The average molecular weight is 1060 g/mol. The fraction of sp³-hybridized carbons (Fsp3) is 1.00. The van der Waals surface area contributed by atoms with Crippen LogP contribution in [0.3, 0.4) is 0 Å². The van der Waals surface area contributed by atoms with Crippen LogP contribution in [0, 0.1) is 11.8 Å². The van der Waals surface area contributed by atoms with Crippen LogP contribution in [-0.2, 0) is 0 Å². The van der Waals surface area contributed by atoms with Gasteiger partial charge in [-0.2, -0.15) is 0 Å². The second-order valence-corrected chi connectivity index (χ2v) is 19.7. The van der Waals surface area contributed by atoms with Gasteiger partial charge in [0.25, 0.3) is 0 Å². The summed E-state index contributed by atoms with van der Waals surface area (Å²) < 4.78 is 0. The van der Waals surface area contributed by atoms with Gasteiger partial charge in [-0.3, -0.25) is 4.90 Å². The van der Waals surface area contributed by atoms with Gasteiger partial charge in [0.05, 0.1) is 149 Å². The fourth-order valence-electron chi connectivity index (χ4n) is 9.66. The number of rotatable bonds is 11. The number of aliphatic hydroxyl groups is 21. The molecule has 0 unspecified atom stereocenters. The Hall–Kier alpha value is -1.04. The minimum Gasteiger partial charge on any atom is -0.396 e. The monoisotopic (exact) mass is 1060 g/mol. The number of hydrogen-bond donors (Lipinski definition) is 25. The molecule has 0 spiro atoms. The molecule has 26 heteroatoms. The molecule has 5 aliphatic heterocycles. The zero-order valence-electron chi connectivity index (χ0n) is 42.6. The van der Waals surface area contributed by atoms with Crippen molar-refractivity contribution in [3.63, 3.8) is 0 Å². The zero-order valence-corrected chi connectivity index (χ0v) is 42.6. The zero-order chi connectivity index (χ0) is 55.2. The first-order valence-corrected chi connectivity index (χ1v) is 25.5. The fourth-order valence-corrected chi connectivity index (χ4v) is 9.66. The molecule has 26 nitrogen and oxygen atoms in total. The van der Waals surface area contributed by atoms with Gasteiger partial charge in [0.15, 0.2) is 0 Å². The van der Waals surface area contributed by atoms with Crippen molar-refractivity contribution < 1.29 is 107 Å². The second-order valence-electron chi connectivity index (χ2n) is 19.7. The van der Waals surface area contributed by atoms with Crippen molar-refractivity contribution in [1.29, 1.82) is 0 Å². The van der Waals surface area contributed by atoms with Crippen LogP contribution in [0.1, 0.15) is 79.1 Å². The SMILES string of the molecule is CC[C@@H]1N[C@@H](CO)[C@H](O)[C@H]1O.CC[C@@H]1N[C@@H](CO)[C@H](O)[C@H]1O.CC[C@H]1N[C@@H](CO)[C@H](O)[C@H]1O.CC[C@H]1N[C@H](CO)[C@@H](O)[C@@H]1O.CN1C[C@H](O)[C@@H](O)[C@@H]1CO.OC[C@@H]1CC[C@H](O)[C@H]1O.OC[C@H]1CC[C@@H](O)[C@@H]1O. The van der Waals surface area contributed by atoms with Gasteiger partial charge >= 0.3 is 0 Å². The van der Waals surface area contributed by atoms with Gasteiger partial charge in [-0.05, 0) is 58.4 Å². The molecule has 0 aromatic rings. The molecule has 0 radical (unpaired) electrons. The van der Waals surface area contributed by atoms with E-state index in [-0.39, 0.29) is 112 Å². The first-order valence-electron chi connectivity index (χ1n) is 25.5. The smallest absolute Gasteiger partial charge is 0.0989 e. The third kappa shape index (κ3) is 19.8. The van der Waals surface area contributed by atoms with Crippen LogP contribution in [0.4, 0.5) is 0 Å². The minimum absolute atomic E-state index is 0.0156. The Bertz CT molecular complexity index is 1170. The Balaban J connectivity index is 0.000000421. The predicted octanol–water partition coefficient (Wildman–Crippen LogP) is -9.96. The molecule has 432 valence electrons. The lowest BCUT2D eigenvalue weighted by Gasteiger charge is -2.18. The summed E-state index contributed by atoms with van der Waals surface area (Å²) in [7, 11) is 1.76. The molecule has 25 atom stereocenters. The average Bonchev–Trinajstić information content (AvgIpc) is 4.23. The third-order valence-electron chi connectivity index (χ3n) is 14.9. The van der Waals surface area contributed by atoms with Crippen molar-refractivity contribution in [2.24, 2.45) is 11.8 Å². The maximum Gasteiger partial charge on any atom is 0.0989 e. The molecule has 0 aromatic heterocycles. The normalized spacial score (nSPS) is 44.2. The van der Waals surface area contributed by atoms with Crippen LogP contribution in [-0.4, -0.2) is 312 Å². The molecular weight excluding hydrogens is 959 g/mol. The van der Waals surface area contributed by atoms with Gasteiger partial charge in [-0.15, -0.1) is 0 Å². The van der Waals surface area contributed by atoms with Gasteiger partial charge in [-0.25, -0.2) is 0 Å². The lowest BCUT2D eigenvalue weighted by molar-refractivity contribution is 0.00679. The number of likely N-dealkylation sites (N-methyl/N-ethyl adjacent to an activating group) is 1. The van der Waals surface area contributed by atoms with Crippen molar-refractivity contribution in [2.45, 2.75) is 219 Å². The molecule has 0 aromatic carbocycles. The molecule has 2 aliphatic carbocycles. The van der Waals surface area contributed by atoms with Crippen LogP contribution < -0.4 is 21.3 Å². The van der Waals surface area contributed by atoms with Gasteiger partial charge < -0.3 is 129 Å². The molecule has 5 heterocycles. The van der Waals surface area contributed by atoms with Gasteiger partial charge in [0.1, 0.15) is 0 Å². The maximum absolute atomic E-state index is 9.34. The molecule has 7 fully saturated rings. The van der Waals surface area contributed by atoms with E-state index in [1.54, 1.807) is 11.9 Å². The minimum atomic E-state index is -0.829. The van der Waals surface area contributed by atoms with E-state index in [1.807, 2.05) is 27.7 Å². The molecule has 0 amide bonds. The van der Waals surface area contributed by atoms with Crippen molar-refractivity contribution >= 4 is 0 Å². The van der Waals surface area contributed by atoms with Crippen LogP contribution in [0.25, 0.3) is 0 Å². The van der Waals surface area contributed by atoms with E-state index in [0.717, 1.165) is 38.5 Å². The van der Waals surface area contributed by atoms with Crippen LogP contribution in [0.5, 0.6) is 0 Å². The summed E-state index contributed by atoms with van der Waals surface area (Å²) in [5.74, 6) is -0.194. The number of hydrogen-bond acceptors (Lipinski definition) is 26. The summed E-state index contributed by atoms with van der Waals surface area (Å²) in [5, 5.41) is 201. The molecular formula is C46H97N5O21. The van der Waals surface area contributed by atoms with Gasteiger partial charge in [-0.1, -0.05) is 27.7 Å². The standard InChI is InChI=1S/4C7H15NO3.C6H13NO3.2C6H12O3/c4*1-2-4-6(10)7(11)5(3-9)8-4;1-7-2-5(9)6(10)4(7)3-8;2*7-3-4-1-2-5(8)6(4)9/h4*4-11H,2-3H2,1H3;4-6,8-10H,2-3H2,1H3;2*4-9H,1-3H2/t4-,5+,6+,7+;3*4-,5-,6-,7-;3*4-,5-,6-/m1100010/s1. The first kappa shape index (κ1) is 69.0. The summed E-state index contributed by atoms with van der Waals surface area (Å²) >= 11 is 0. The highest BCUT2D eigenvalue weighted by molar-refractivity contribution is 5.00. The second kappa shape index (κ2) is 35.4. The Labute approximate surface area is 423 Å². The Morgan fingerprint density at radius 1 is 0.306 bits per heavy atom. The molecule has 0 bridgehead atoms. The first-order chi connectivity index (χ1) is 34.0. The number of β-amino-alcohol motifs (C(OH)–C–C–N with tert-alkyl or cyclic N) is 1. The quantitative estimate of drug-likeness (QED) is 0.0913. The highest BCUT2D eigenvalue weighted by Crippen LogP contribution is 2.26. The van der Waals surface area contributed by atoms with E-state index < -0.39 is 85.5 Å². The molecule has 7 rings (SSSR count). The third-order valence-corrected chi connectivity index (χ3v) is 14.9. The summed E-state index contributed by atoms with van der Waals surface area (Å²) in [4.78, 5) is 1.75. The Morgan fingerprint density at radius 3 is 0.653 bits per heavy atom. The summed E-state index contributed by atoms with van der Waals surface area (Å²) in [6.45, 7) is 7.48. The molecule has 25 N–H and O–H groups in total. The van der Waals surface area contributed by atoms with E-state index in [9.17, 15) is 46.0 Å². The van der Waals surface area contributed by atoms with E-state index in [1.165, 1.54) is 0 Å². The largest absolute Gasteiger partial charge is 0.396 e. The lowest BCUT2D eigenvalue weighted by Crippen LogP contribution is -2.36. The summed E-state index contributed by atoms with van der Waals surface area (Å²) in [6, 6.07) is -2.08. The van der Waals surface area contributed by atoms with Crippen molar-refractivity contribution in [3.05, 3.63) is 0 Å². The van der Waals surface area contributed by atoms with Crippen LogP contribution >= 0.6 is 0 Å². The van der Waals surface area contributed by atoms with Crippen molar-refractivity contribution in [2.75, 3.05) is 59.8 Å². The summed E-state index contributed by atoms with van der Waals surface area (Å²) in [6.07, 6.45) is -4.65. The van der Waals surface area contributed by atoms with Crippen molar-refractivity contribution in [1.82, 2.24) is 26.2 Å². The molecule has 72 heavy (non-hydrogen) atoms. The molecule has 5 saturated heterocycles. The lowest BCUT2D eigenvalue weighted by atomic mass is 10.1. The van der Waals surface area contributed by atoms with Crippen LogP contribution in [0.15, 0.2) is 0 Å². The Kier molecular flexibility index (Phi) is 33.9. The van der Waals surface area contributed by atoms with Gasteiger partial charge in [0, 0.05) is 55.8 Å². The molecule has 2 saturated carbocycles. The Morgan fingerprint density at radius 2 is 0.556 bits per heavy atom. The summed E-state index contributed by atoms with van der Waals surface area (Å²) in [5.41, 5.74) is 0. The number of likely N-dealkylation sites (tertiary alicyclic amines) is 1. The van der Waals surface area contributed by atoms with E-state index in [2.05, 4.69) is 21.3 Å². The number of nitrogens with one attached hydrogen (secondary N) is 4. The van der Waals surface area contributed by atoms with Crippen molar-refractivity contribution in [3.8, 4) is 0 Å². The highest BCUT2D eigenvalue weighted by Gasteiger charge is 2.42. The van der Waals surface area contributed by atoms with E-state index in [0.29, 0.717) is 19.4 Å². The highest BCUT2D eigenvalue weighted by atomic mass is 16.4. The molecule has 7 aliphatic rings. The number of nitrogens with zero attached hydrogens (tertiary/aromatic N) is 1. The predicted molar refractivity (Wildman–Crippen MR) is 260 cm³/mol. The van der Waals surface area contributed by atoms with Crippen LogP contribution in [0.2, 0.25) is 0 Å². The topological polar surface area (TPSA) is 476 Å². The number of aliphatic hydroxyl groups excluding tert-OH is 21. The van der Waals surface area contributed by atoms with Gasteiger partial charge in [0.2, 0.25) is 0 Å². The van der Waals surface area contributed by atoms with E-state index >= 15 is 0 Å². The maximum atomic E-state index is 9.34. The van der Waals surface area contributed by atoms with E-state index in [4.69, 9.17) is 61.3 Å².